The zero-order valence-electron chi connectivity index (χ0n) is 12.1. The van der Waals surface area contributed by atoms with Crippen molar-refractivity contribution in [3.8, 4) is 0 Å². The molecule has 0 aliphatic heterocycles. The Labute approximate surface area is 118 Å². The van der Waals surface area contributed by atoms with E-state index in [-0.39, 0.29) is 17.2 Å². The maximum absolute atomic E-state index is 11.9. The van der Waals surface area contributed by atoms with Crippen LogP contribution >= 0.6 is 0 Å². The lowest BCUT2D eigenvalue weighted by molar-refractivity contribution is -0.143. The van der Waals surface area contributed by atoms with E-state index < -0.39 is 0 Å². The third kappa shape index (κ3) is 4.68. The summed E-state index contributed by atoms with van der Waals surface area (Å²) in [6, 6.07) is 1.41. The van der Waals surface area contributed by atoms with Crippen LogP contribution in [0.25, 0.3) is 0 Å². The van der Waals surface area contributed by atoms with Crippen LogP contribution in [0.15, 0.2) is 21.9 Å². The zero-order chi connectivity index (χ0) is 15.0. The summed E-state index contributed by atoms with van der Waals surface area (Å²) in [4.78, 5) is 34.7. The summed E-state index contributed by atoms with van der Waals surface area (Å²) in [7, 11) is 0. The predicted octanol–water partition coefficient (Wildman–Crippen LogP) is 1.15. The molecule has 112 valence electrons. The standard InChI is InChI=1S/C14H22N2O4/c1-3-15-11-9-12(17)16(14(15)19)10-7-5-6-8-13(18)20-4-2/h9,11H,3-8,10H2,1-2H3. The number of hydrogen-bond acceptors (Lipinski definition) is 4. The number of hydrogen-bond donors (Lipinski definition) is 0. The normalized spacial score (nSPS) is 10.5. The molecule has 20 heavy (non-hydrogen) atoms. The quantitative estimate of drug-likeness (QED) is 0.530. The topological polar surface area (TPSA) is 70.3 Å². The molecule has 0 amide bonds. The van der Waals surface area contributed by atoms with Crippen molar-refractivity contribution in [1.82, 2.24) is 9.13 Å². The number of aromatic nitrogens is 2. The van der Waals surface area contributed by atoms with Crippen LogP contribution in [0.1, 0.15) is 39.5 Å². The van der Waals surface area contributed by atoms with E-state index in [1.165, 1.54) is 21.4 Å². The largest absolute Gasteiger partial charge is 0.466 e. The molecule has 1 aromatic rings. The molecule has 0 unspecified atom stereocenters. The van der Waals surface area contributed by atoms with Gasteiger partial charge in [-0.15, -0.1) is 0 Å². The first-order valence-electron chi connectivity index (χ1n) is 7.06. The number of rotatable bonds is 8. The molecule has 6 heteroatoms. The number of aryl methyl sites for hydroxylation is 1. The maximum Gasteiger partial charge on any atom is 0.330 e. The second-order valence-corrected chi connectivity index (χ2v) is 4.49. The molecule has 0 aliphatic rings. The highest BCUT2D eigenvalue weighted by Crippen LogP contribution is 2.02. The molecule has 1 aromatic heterocycles. The van der Waals surface area contributed by atoms with Gasteiger partial charge in [0, 0.05) is 31.8 Å². The van der Waals surface area contributed by atoms with Gasteiger partial charge in [-0.3, -0.25) is 14.2 Å². The lowest BCUT2D eigenvalue weighted by Gasteiger charge is -2.07. The highest BCUT2D eigenvalue weighted by Gasteiger charge is 2.05. The highest BCUT2D eigenvalue weighted by molar-refractivity contribution is 5.69. The van der Waals surface area contributed by atoms with Crippen molar-refractivity contribution in [2.45, 2.75) is 52.6 Å². The number of carbonyl (C=O) groups is 1. The molecule has 1 rings (SSSR count). The molecular formula is C14H22N2O4. The summed E-state index contributed by atoms with van der Waals surface area (Å²) in [6.07, 6.45) is 4.09. The minimum absolute atomic E-state index is 0.197. The third-order valence-corrected chi connectivity index (χ3v) is 3.05. The Hall–Kier alpha value is -1.85. The van der Waals surface area contributed by atoms with Crippen LogP contribution in [0.3, 0.4) is 0 Å². The summed E-state index contributed by atoms with van der Waals surface area (Å²) >= 11 is 0. The summed E-state index contributed by atoms with van der Waals surface area (Å²) in [6.45, 7) is 4.96. The van der Waals surface area contributed by atoms with Crippen molar-refractivity contribution >= 4 is 5.97 Å². The van der Waals surface area contributed by atoms with Crippen LogP contribution in [0.5, 0.6) is 0 Å². The van der Waals surface area contributed by atoms with Gasteiger partial charge in [0.15, 0.2) is 0 Å². The molecule has 1 heterocycles. The molecule has 0 aliphatic carbocycles. The first-order chi connectivity index (χ1) is 9.60. The van der Waals surface area contributed by atoms with E-state index in [9.17, 15) is 14.4 Å². The van der Waals surface area contributed by atoms with Crippen LogP contribution in [0.2, 0.25) is 0 Å². The van der Waals surface area contributed by atoms with Crippen molar-refractivity contribution in [3.63, 3.8) is 0 Å². The minimum atomic E-state index is -0.273. The first-order valence-corrected chi connectivity index (χ1v) is 7.06. The van der Waals surface area contributed by atoms with Gasteiger partial charge in [-0.1, -0.05) is 6.42 Å². The maximum atomic E-state index is 11.9. The Balaban J connectivity index is 2.45. The number of carbonyl (C=O) groups excluding carboxylic acids is 1. The van der Waals surface area contributed by atoms with E-state index in [2.05, 4.69) is 0 Å². The number of ether oxygens (including phenoxy) is 1. The summed E-state index contributed by atoms with van der Waals surface area (Å²) in [5.41, 5.74) is -0.546. The van der Waals surface area contributed by atoms with Crippen LogP contribution in [0, 0.1) is 0 Å². The van der Waals surface area contributed by atoms with E-state index in [1.54, 1.807) is 6.92 Å². The summed E-state index contributed by atoms with van der Waals surface area (Å²) < 4.78 is 7.57. The Kier molecular flexibility index (Phi) is 6.76. The molecule has 0 aromatic carbocycles. The van der Waals surface area contributed by atoms with Crippen LogP contribution < -0.4 is 11.2 Å². The Morgan fingerprint density at radius 1 is 1.20 bits per heavy atom. The van der Waals surface area contributed by atoms with E-state index in [4.69, 9.17) is 4.74 Å². The number of esters is 1. The third-order valence-electron chi connectivity index (χ3n) is 3.05. The SMILES string of the molecule is CCOC(=O)CCCCCn1c(=O)ccn(CC)c1=O. The van der Waals surface area contributed by atoms with Crippen LogP contribution in [-0.2, 0) is 22.6 Å². The molecule has 0 bridgehead atoms. The van der Waals surface area contributed by atoms with Gasteiger partial charge in [0.1, 0.15) is 0 Å². The van der Waals surface area contributed by atoms with Gasteiger partial charge in [-0.05, 0) is 26.7 Å². The van der Waals surface area contributed by atoms with Crippen LogP contribution in [-0.4, -0.2) is 21.7 Å². The molecule has 0 N–H and O–H groups in total. The average Bonchev–Trinajstić information content (AvgIpc) is 2.42. The van der Waals surface area contributed by atoms with Gasteiger partial charge >= 0.3 is 11.7 Å². The molecule has 0 radical (unpaired) electrons. The van der Waals surface area contributed by atoms with Gasteiger partial charge in [-0.25, -0.2) is 4.79 Å². The lowest BCUT2D eigenvalue weighted by atomic mass is 10.2. The van der Waals surface area contributed by atoms with E-state index in [1.807, 2.05) is 6.92 Å². The fraction of sp³-hybridized carbons (Fsp3) is 0.643. The van der Waals surface area contributed by atoms with E-state index in [0.717, 1.165) is 6.42 Å². The van der Waals surface area contributed by atoms with Gasteiger partial charge in [0.05, 0.1) is 6.61 Å². The molecule has 0 fully saturated rings. The van der Waals surface area contributed by atoms with Crippen molar-refractivity contribution < 1.29 is 9.53 Å². The Morgan fingerprint density at radius 2 is 1.95 bits per heavy atom. The Morgan fingerprint density at radius 3 is 2.60 bits per heavy atom. The fourth-order valence-electron chi connectivity index (χ4n) is 1.95. The van der Waals surface area contributed by atoms with Gasteiger partial charge in [-0.2, -0.15) is 0 Å². The van der Waals surface area contributed by atoms with E-state index >= 15 is 0 Å². The molecule has 0 spiro atoms. The van der Waals surface area contributed by atoms with Gasteiger partial charge in [0.25, 0.3) is 5.56 Å². The fourth-order valence-corrected chi connectivity index (χ4v) is 1.95. The van der Waals surface area contributed by atoms with Crippen molar-refractivity contribution in [3.05, 3.63) is 33.1 Å². The van der Waals surface area contributed by atoms with Gasteiger partial charge in [0.2, 0.25) is 0 Å². The van der Waals surface area contributed by atoms with Gasteiger partial charge < -0.3 is 9.30 Å². The predicted molar refractivity (Wildman–Crippen MR) is 75.7 cm³/mol. The van der Waals surface area contributed by atoms with E-state index in [0.29, 0.717) is 39.0 Å². The van der Waals surface area contributed by atoms with Crippen LogP contribution in [0.4, 0.5) is 0 Å². The summed E-state index contributed by atoms with van der Waals surface area (Å²) in [5, 5.41) is 0. The highest BCUT2D eigenvalue weighted by atomic mass is 16.5. The number of unbranched alkanes of at least 4 members (excludes halogenated alkanes) is 2. The molecule has 0 atom stereocenters. The molecular weight excluding hydrogens is 260 g/mol. The first kappa shape index (κ1) is 16.2. The average molecular weight is 282 g/mol. The lowest BCUT2D eigenvalue weighted by Crippen LogP contribution is -2.38. The monoisotopic (exact) mass is 282 g/mol. The van der Waals surface area contributed by atoms with Crippen molar-refractivity contribution in [1.29, 1.82) is 0 Å². The molecule has 6 nitrogen and oxygen atoms in total. The smallest absolute Gasteiger partial charge is 0.330 e. The number of nitrogens with zero attached hydrogens (tertiary/aromatic N) is 2. The summed E-state index contributed by atoms with van der Waals surface area (Å²) in [5.74, 6) is -0.197. The second kappa shape index (κ2) is 8.35. The second-order valence-electron chi connectivity index (χ2n) is 4.49. The molecule has 0 saturated heterocycles. The Bertz CT molecular complexity index is 545. The molecule has 0 saturated carbocycles. The van der Waals surface area contributed by atoms with Crippen molar-refractivity contribution in [2.75, 3.05) is 6.61 Å². The minimum Gasteiger partial charge on any atom is -0.466 e. The zero-order valence-corrected chi connectivity index (χ0v) is 12.1. The van der Waals surface area contributed by atoms with Crippen molar-refractivity contribution in [2.24, 2.45) is 0 Å².